The van der Waals surface area contributed by atoms with Gasteiger partial charge in [0.2, 0.25) is 0 Å². The molecule has 0 unspecified atom stereocenters. The zero-order chi connectivity index (χ0) is 18.6. The minimum atomic E-state index is -1.05. The molecular formula is C20H22FNO3. The van der Waals surface area contributed by atoms with E-state index in [0.717, 1.165) is 5.56 Å². The zero-order valence-corrected chi connectivity index (χ0v) is 14.8. The number of para-hydroxylation sites is 1. The number of anilines is 1. The van der Waals surface area contributed by atoms with Crippen LogP contribution in [0, 0.1) is 5.82 Å². The third-order valence-corrected chi connectivity index (χ3v) is 3.77. The molecule has 4 nitrogen and oxygen atoms in total. The first kappa shape index (κ1) is 18.6. The van der Waals surface area contributed by atoms with Crippen LogP contribution < -0.4 is 5.32 Å². The Morgan fingerprint density at radius 2 is 1.64 bits per heavy atom. The van der Waals surface area contributed by atoms with Gasteiger partial charge in [-0.1, -0.05) is 45.0 Å². The van der Waals surface area contributed by atoms with Crippen LogP contribution in [0.4, 0.5) is 10.1 Å². The van der Waals surface area contributed by atoms with E-state index in [4.69, 9.17) is 4.74 Å². The monoisotopic (exact) mass is 343 g/mol. The molecular weight excluding hydrogens is 321 g/mol. The summed E-state index contributed by atoms with van der Waals surface area (Å²) in [5.74, 6) is -1.74. The summed E-state index contributed by atoms with van der Waals surface area (Å²) in [5, 5.41) is 2.40. The number of rotatable bonds is 4. The number of nitrogens with one attached hydrogen (secondary N) is 1. The highest BCUT2D eigenvalue weighted by molar-refractivity contribution is 5.97. The Bertz CT molecular complexity index is 763. The largest absolute Gasteiger partial charge is 0.449 e. The second kappa shape index (κ2) is 7.47. The molecule has 1 amide bonds. The number of hydrogen-bond donors (Lipinski definition) is 1. The molecule has 0 radical (unpaired) electrons. The van der Waals surface area contributed by atoms with Crippen LogP contribution >= 0.6 is 0 Å². The lowest BCUT2D eigenvalue weighted by atomic mass is 9.87. The van der Waals surface area contributed by atoms with Crippen LogP contribution in [0.25, 0.3) is 0 Å². The summed E-state index contributed by atoms with van der Waals surface area (Å²) >= 11 is 0. The number of hydrogen-bond acceptors (Lipinski definition) is 3. The van der Waals surface area contributed by atoms with Crippen molar-refractivity contribution in [2.75, 3.05) is 5.32 Å². The molecule has 0 heterocycles. The van der Waals surface area contributed by atoms with Gasteiger partial charge in [-0.25, -0.2) is 9.18 Å². The summed E-state index contributed by atoms with van der Waals surface area (Å²) in [7, 11) is 0. The summed E-state index contributed by atoms with van der Waals surface area (Å²) in [6.45, 7) is 7.68. The average molecular weight is 343 g/mol. The molecule has 2 rings (SSSR count). The van der Waals surface area contributed by atoms with Crippen molar-refractivity contribution in [3.63, 3.8) is 0 Å². The van der Waals surface area contributed by atoms with Crippen LogP contribution in [0.2, 0.25) is 0 Å². The van der Waals surface area contributed by atoms with Crippen LogP contribution in [0.5, 0.6) is 0 Å². The Labute approximate surface area is 147 Å². The second-order valence-electron chi connectivity index (χ2n) is 6.84. The van der Waals surface area contributed by atoms with Crippen molar-refractivity contribution in [1.29, 1.82) is 0 Å². The molecule has 2 aromatic carbocycles. The van der Waals surface area contributed by atoms with Gasteiger partial charge in [-0.05, 0) is 42.2 Å². The molecule has 0 aliphatic heterocycles. The highest BCUT2D eigenvalue weighted by Gasteiger charge is 2.20. The summed E-state index contributed by atoms with van der Waals surface area (Å²) in [6.07, 6.45) is -1.05. The summed E-state index contributed by atoms with van der Waals surface area (Å²) in [6, 6.07) is 12.9. The van der Waals surface area contributed by atoms with E-state index < -0.39 is 23.8 Å². The van der Waals surface area contributed by atoms with Gasteiger partial charge in [-0.2, -0.15) is 0 Å². The number of esters is 1. The number of benzene rings is 2. The van der Waals surface area contributed by atoms with Crippen molar-refractivity contribution >= 4 is 17.6 Å². The maximum Gasteiger partial charge on any atom is 0.338 e. The minimum absolute atomic E-state index is 0.0185. The molecule has 0 saturated carbocycles. The molecule has 5 heteroatoms. The lowest BCUT2D eigenvalue weighted by Gasteiger charge is -2.19. The maximum atomic E-state index is 13.6. The topological polar surface area (TPSA) is 55.4 Å². The van der Waals surface area contributed by atoms with E-state index in [1.165, 1.54) is 25.1 Å². The van der Waals surface area contributed by atoms with Crippen molar-refractivity contribution in [3.05, 3.63) is 65.5 Å². The van der Waals surface area contributed by atoms with Gasteiger partial charge in [0.25, 0.3) is 5.91 Å². The van der Waals surface area contributed by atoms with Gasteiger partial charge in [0, 0.05) is 0 Å². The quantitative estimate of drug-likeness (QED) is 0.842. The van der Waals surface area contributed by atoms with Crippen LogP contribution in [0.3, 0.4) is 0 Å². The average Bonchev–Trinajstić information content (AvgIpc) is 2.56. The number of carbonyl (C=O) groups excluding carboxylic acids is 2. The van der Waals surface area contributed by atoms with Gasteiger partial charge in [0.15, 0.2) is 6.10 Å². The van der Waals surface area contributed by atoms with E-state index in [0.29, 0.717) is 5.56 Å². The predicted octanol–water partition coefficient (Wildman–Crippen LogP) is 4.31. The molecule has 1 atom stereocenters. The van der Waals surface area contributed by atoms with Gasteiger partial charge in [0.1, 0.15) is 5.82 Å². The van der Waals surface area contributed by atoms with Crippen LogP contribution in [-0.4, -0.2) is 18.0 Å². The summed E-state index contributed by atoms with van der Waals surface area (Å²) in [4.78, 5) is 24.2. The van der Waals surface area contributed by atoms with Gasteiger partial charge < -0.3 is 10.1 Å². The summed E-state index contributed by atoms with van der Waals surface area (Å²) in [5.41, 5.74) is 1.48. The molecule has 132 valence electrons. The smallest absolute Gasteiger partial charge is 0.338 e. The van der Waals surface area contributed by atoms with Crippen LogP contribution in [0.1, 0.15) is 43.6 Å². The Kier molecular flexibility index (Phi) is 5.57. The fraction of sp³-hybridized carbons (Fsp3) is 0.300. The van der Waals surface area contributed by atoms with E-state index in [9.17, 15) is 14.0 Å². The van der Waals surface area contributed by atoms with Crippen molar-refractivity contribution in [2.45, 2.75) is 39.2 Å². The van der Waals surface area contributed by atoms with E-state index >= 15 is 0 Å². The third-order valence-electron chi connectivity index (χ3n) is 3.77. The van der Waals surface area contributed by atoms with Crippen LogP contribution in [0.15, 0.2) is 48.5 Å². The van der Waals surface area contributed by atoms with Crippen molar-refractivity contribution in [2.24, 2.45) is 0 Å². The lowest BCUT2D eigenvalue weighted by molar-refractivity contribution is -0.123. The minimum Gasteiger partial charge on any atom is -0.449 e. The molecule has 0 aromatic heterocycles. The number of amides is 1. The number of halogens is 1. The zero-order valence-electron chi connectivity index (χ0n) is 14.8. The summed E-state index contributed by atoms with van der Waals surface area (Å²) < 4.78 is 18.7. The first-order chi connectivity index (χ1) is 11.7. The first-order valence-electron chi connectivity index (χ1n) is 8.05. The maximum absolute atomic E-state index is 13.6. The Balaban J connectivity index is 1.99. The highest BCUT2D eigenvalue weighted by atomic mass is 19.1. The van der Waals surface area contributed by atoms with Gasteiger partial charge in [-0.3, -0.25) is 4.79 Å². The second-order valence-corrected chi connectivity index (χ2v) is 6.84. The fourth-order valence-electron chi connectivity index (χ4n) is 2.19. The Hall–Kier alpha value is -2.69. The molecule has 2 aromatic rings. The SMILES string of the molecule is C[C@H](OC(=O)c1ccc(C(C)(C)C)cc1)C(=O)Nc1ccccc1F. The molecule has 0 bridgehead atoms. The third kappa shape index (κ3) is 4.89. The highest BCUT2D eigenvalue weighted by Crippen LogP contribution is 2.22. The fourth-order valence-corrected chi connectivity index (χ4v) is 2.19. The molecule has 1 N–H and O–H groups in total. The lowest BCUT2D eigenvalue weighted by Crippen LogP contribution is -2.30. The normalized spacial score (nSPS) is 12.4. The molecule has 0 fully saturated rings. The van der Waals surface area contributed by atoms with E-state index in [2.05, 4.69) is 26.1 Å². The molecule has 25 heavy (non-hydrogen) atoms. The van der Waals surface area contributed by atoms with Crippen molar-refractivity contribution < 1.29 is 18.7 Å². The predicted molar refractivity (Wildman–Crippen MR) is 95.0 cm³/mol. The molecule has 0 saturated heterocycles. The van der Waals surface area contributed by atoms with Gasteiger partial charge in [-0.15, -0.1) is 0 Å². The van der Waals surface area contributed by atoms with Gasteiger partial charge >= 0.3 is 5.97 Å². The molecule has 0 aliphatic carbocycles. The van der Waals surface area contributed by atoms with Gasteiger partial charge in [0.05, 0.1) is 11.3 Å². The van der Waals surface area contributed by atoms with E-state index in [1.54, 1.807) is 18.2 Å². The van der Waals surface area contributed by atoms with Crippen LogP contribution in [-0.2, 0) is 14.9 Å². The van der Waals surface area contributed by atoms with Crippen molar-refractivity contribution in [3.8, 4) is 0 Å². The Morgan fingerprint density at radius 3 is 2.20 bits per heavy atom. The molecule has 0 aliphatic rings. The number of carbonyl (C=O) groups is 2. The van der Waals surface area contributed by atoms with E-state index in [1.807, 2.05) is 12.1 Å². The first-order valence-corrected chi connectivity index (χ1v) is 8.05. The molecule has 0 spiro atoms. The van der Waals surface area contributed by atoms with Crippen molar-refractivity contribution in [1.82, 2.24) is 0 Å². The Morgan fingerprint density at radius 1 is 1.04 bits per heavy atom. The number of ether oxygens (including phenoxy) is 1. The standard InChI is InChI=1S/C20H22FNO3/c1-13(18(23)22-17-8-6-5-7-16(17)21)25-19(24)14-9-11-15(12-10-14)20(2,3)4/h5-13H,1-4H3,(H,22,23)/t13-/m0/s1. The van der Waals surface area contributed by atoms with E-state index in [-0.39, 0.29) is 11.1 Å².